The van der Waals surface area contributed by atoms with Crippen LogP contribution in [0, 0.1) is 37.1 Å². The molecular formula is C118H98F4N16O9. The molecule has 5 amide bonds. The van der Waals surface area contributed by atoms with Crippen molar-refractivity contribution in [1.82, 2.24) is 54.8 Å². The molecular weight excluding hydrogens is 1860 g/mol. The van der Waals surface area contributed by atoms with E-state index in [1.807, 2.05) is 160 Å². The fraction of sp³-hybridized carbons (Fsp3) is 0.119. The number of benzene rings is 10. The number of amides is 5. The highest BCUT2D eigenvalue weighted by atomic mass is 19.1. The average molecular weight is 1960 g/mol. The zero-order valence-electron chi connectivity index (χ0n) is 80.1. The Balaban J connectivity index is 0.000000131. The van der Waals surface area contributed by atoms with Gasteiger partial charge >= 0.3 is 0 Å². The first-order valence-corrected chi connectivity index (χ1v) is 46.8. The van der Waals surface area contributed by atoms with Gasteiger partial charge in [0, 0.05) is 108 Å². The van der Waals surface area contributed by atoms with Crippen LogP contribution in [0.1, 0.15) is 151 Å². The number of aromatic nitrogens is 11. The molecule has 0 spiro atoms. The molecule has 4 unspecified atom stereocenters. The van der Waals surface area contributed by atoms with Crippen molar-refractivity contribution in [2.45, 2.75) is 83.5 Å². The Labute approximate surface area is 842 Å². The number of hydrogen-bond donors (Lipinski definition) is 8. The SMILES string of the molecule is CC(Cc1cccnc1)c1ccc2c(-c3ccc(F)cc3)cc(C(N)=O)nc2c1.COc1ccc(-c2cc(C(N)=O)nc3cc(CCc4cnc(C)nc4)ccc23)cc1.Cc1ccc(CC(O)c2ccc3c(-c4ccc(F)cc4)cc(C(N)=O)nc3c2)nc1.NC(=O)c1cc(-c2ccc(F)cc2)c2ccc(C(O)Cc3cccnc3)cc2n1.NC(=O)c1cc(-c2ccc(F)cc2)c2ccc(C(O)Cc3cccnc3)cc2n1. The van der Waals surface area contributed by atoms with Crippen molar-refractivity contribution in [1.29, 1.82) is 0 Å². The molecule has 10 aromatic heterocycles. The summed E-state index contributed by atoms with van der Waals surface area (Å²) in [5.41, 5.74) is 49.2. The quantitative estimate of drug-likeness (QED) is 0.0233. The van der Waals surface area contributed by atoms with Gasteiger partial charge in [-0.2, -0.15) is 0 Å². The second kappa shape index (κ2) is 46.6. The van der Waals surface area contributed by atoms with Crippen LogP contribution in [0.25, 0.3) is 110 Å². The second-order valence-corrected chi connectivity index (χ2v) is 35.1. The minimum absolute atomic E-state index is 0.105. The molecule has 0 aliphatic carbocycles. The van der Waals surface area contributed by atoms with Crippen LogP contribution in [0.5, 0.6) is 5.75 Å². The van der Waals surface area contributed by atoms with Gasteiger partial charge in [-0.25, -0.2) is 52.4 Å². The molecule has 732 valence electrons. The number of nitrogens with two attached hydrogens (primary N) is 5. The molecule has 0 aliphatic rings. The van der Waals surface area contributed by atoms with Crippen LogP contribution in [0.4, 0.5) is 17.6 Å². The fourth-order valence-electron chi connectivity index (χ4n) is 16.9. The van der Waals surface area contributed by atoms with E-state index in [4.69, 9.17) is 33.4 Å². The standard InChI is InChI=1S/C24H20FN3O2.C24H20FN3O.C24H22N4O2.2C23H18FN3O2/c1-14-2-8-18(27-13-14)11-23(29)16-5-9-19-20(15-3-6-17(25)7-4-15)12-22(24(26)30)28-21(19)10-16;1-15(11-16-3-2-10-27-14-16)18-6-9-20-21(17-4-7-19(25)8-5-17)13-23(24(26)29)28-22(20)12-18;1-15-26-13-17(14-27-15)4-3-16-5-10-20-21(18-6-8-19(30-2)9-7-18)12-23(24(25)29)28-22(20)11-16;2*24-17-6-3-15(4-7-17)19-12-21(23(25)29)27-20-11-16(5-8-18(19)20)22(28)10-14-2-1-9-26-13-14/h2-10,12-13,23,29H,11H2,1H3,(H2,26,30);2-10,12-15H,11H2,1H3,(H2,26,29);5-14H,3-4H2,1-2H3,(H2,25,29);2*1-9,11-13,22,28H,10H2,(H2,25,29). The summed E-state index contributed by atoms with van der Waals surface area (Å²) >= 11 is 0. The van der Waals surface area contributed by atoms with E-state index in [2.05, 4.69) is 79.9 Å². The lowest BCUT2D eigenvalue weighted by Crippen LogP contribution is -2.13. The number of rotatable bonds is 26. The molecule has 0 saturated carbocycles. The molecule has 13 N–H and O–H groups in total. The summed E-state index contributed by atoms with van der Waals surface area (Å²) in [5, 5.41) is 36.2. The van der Waals surface area contributed by atoms with Crippen LogP contribution < -0.4 is 33.4 Å². The van der Waals surface area contributed by atoms with Crippen molar-refractivity contribution < 1.29 is 61.6 Å². The Morgan fingerprint density at radius 2 is 0.605 bits per heavy atom. The lowest BCUT2D eigenvalue weighted by Gasteiger charge is -2.14. The van der Waals surface area contributed by atoms with Crippen molar-refractivity contribution >= 4 is 84.1 Å². The molecule has 10 heterocycles. The zero-order valence-corrected chi connectivity index (χ0v) is 80.1. The van der Waals surface area contributed by atoms with Crippen molar-refractivity contribution in [3.8, 4) is 61.4 Å². The largest absolute Gasteiger partial charge is 0.497 e. The Kier molecular flexibility index (Phi) is 32.2. The Morgan fingerprint density at radius 3 is 0.918 bits per heavy atom. The van der Waals surface area contributed by atoms with E-state index < -0.39 is 47.8 Å². The van der Waals surface area contributed by atoms with Crippen LogP contribution in [-0.4, -0.2) is 107 Å². The van der Waals surface area contributed by atoms with Gasteiger partial charge in [-0.1, -0.05) is 153 Å². The van der Waals surface area contributed by atoms with Crippen LogP contribution >= 0.6 is 0 Å². The Hall–Kier alpha value is -18.3. The van der Waals surface area contributed by atoms with E-state index in [1.54, 1.807) is 141 Å². The van der Waals surface area contributed by atoms with Gasteiger partial charge in [0.25, 0.3) is 29.5 Å². The number of methoxy groups -OCH3 is 1. The van der Waals surface area contributed by atoms with E-state index in [0.29, 0.717) is 58.0 Å². The lowest BCUT2D eigenvalue weighted by molar-refractivity contribution is 0.0987. The molecule has 0 radical (unpaired) electrons. The number of aliphatic hydroxyl groups is 3. The van der Waals surface area contributed by atoms with E-state index in [0.717, 1.165) is 164 Å². The predicted octanol–water partition coefficient (Wildman–Crippen LogP) is 20.5. The third-order valence-corrected chi connectivity index (χ3v) is 24.7. The van der Waals surface area contributed by atoms with Gasteiger partial charge in [-0.15, -0.1) is 0 Å². The number of carbonyl (C=O) groups excluding carboxylic acids is 5. The number of carbonyl (C=O) groups is 5. The average Bonchev–Trinajstić information content (AvgIpc) is 0.822. The molecule has 0 fully saturated rings. The molecule has 20 aromatic rings. The van der Waals surface area contributed by atoms with Gasteiger partial charge in [-0.05, 0) is 296 Å². The molecule has 147 heavy (non-hydrogen) atoms. The van der Waals surface area contributed by atoms with E-state index in [-0.39, 0.29) is 57.7 Å². The normalized spacial score (nSPS) is 11.8. The first kappa shape index (κ1) is 102. The highest BCUT2D eigenvalue weighted by Crippen LogP contribution is 2.39. The molecule has 0 bridgehead atoms. The fourth-order valence-corrected chi connectivity index (χ4v) is 16.9. The summed E-state index contributed by atoms with van der Waals surface area (Å²) in [4.78, 5) is 106. The number of aliphatic hydroxyl groups excluding tert-OH is 3. The van der Waals surface area contributed by atoms with Gasteiger partial charge < -0.3 is 48.7 Å². The maximum atomic E-state index is 13.4. The molecule has 0 aliphatic heterocycles. The maximum Gasteiger partial charge on any atom is 0.267 e. The van der Waals surface area contributed by atoms with Gasteiger partial charge in [0.2, 0.25) is 0 Å². The number of aryl methyl sites for hydroxylation is 4. The van der Waals surface area contributed by atoms with E-state index >= 15 is 0 Å². The van der Waals surface area contributed by atoms with E-state index in [1.165, 1.54) is 48.5 Å². The first-order chi connectivity index (χ1) is 71.0. The van der Waals surface area contributed by atoms with E-state index in [9.17, 15) is 56.9 Å². The topological polar surface area (TPSA) is 427 Å². The first-order valence-electron chi connectivity index (χ1n) is 46.8. The minimum Gasteiger partial charge on any atom is -0.497 e. The van der Waals surface area contributed by atoms with Crippen molar-refractivity contribution in [3.63, 3.8) is 0 Å². The van der Waals surface area contributed by atoms with Crippen LogP contribution in [0.2, 0.25) is 0 Å². The van der Waals surface area contributed by atoms with Crippen LogP contribution in [0.3, 0.4) is 0 Å². The van der Waals surface area contributed by atoms with Crippen molar-refractivity contribution in [3.05, 3.63) is 466 Å². The molecule has 29 heteroatoms. The molecule has 20 rings (SSSR count). The minimum atomic E-state index is -0.780. The third kappa shape index (κ3) is 25.8. The van der Waals surface area contributed by atoms with Gasteiger partial charge in [0.05, 0.1) is 53.0 Å². The highest BCUT2D eigenvalue weighted by Gasteiger charge is 2.23. The summed E-state index contributed by atoms with van der Waals surface area (Å²) in [6.07, 6.45) is 17.2. The Bertz CT molecular complexity index is 7740. The third-order valence-electron chi connectivity index (χ3n) is 24.7. The van der Waals surface area contributed by atoms with Crippen LogP contribution in [0.15, 0.2) is 347 Å². The Morgan fingerprint density at radius 1 is 0.306 bits per heavy atom. The summed E-state index contributed by atoms with van der Waals surface area (Å²) in [5.74, 6) is -2.67. The highest BCUT2D eigenvalue weighted by molar-refractivity contribution is 6.06. The van der Waals surface area contributed by atoms with Gasteiger partial charge in [0.1, 0.15) is 63.3 Å². The van der Waals surface area contributed by atoms with Crippen LogP contribution in [-0.2, 0) is 38.5 Å². The number of fused-ring (bicyclic) bond motifs is 5. The second-order valence-electron chi connectivity index (χ2n) is 35.1. The predicted molar refractivity (Wildman–Crippen MR) is 559 cm³/mol. The number of hydrogen-bond acceptors (Lipinski definition) is 20. The molecule has 25 nitrogen and oxygen atoms in total. The number of pyridine rings is 9. The number of nitrogens with zero attached hydrogens (tertiary/aromatic N) is 11. The van der Waals surface area contributed by atoms with Gasteiger partial charge in [0.15, 0.2) is 0 Å². The summed E-state index contributed by atoms with van der Waals surface area (Å²) in [7, 11) is 1.63. The molecule has 4 atom stereocenters. The number of halogens is 4. The maximum absolute atomic E-state index is 13.4. The molecule has 0 saturated heterocycles. The van der Waals surface area contributed by atoms with Crippen molar-refractivity contribution in [2.75, 3.05) is 7.11 Å². The van der Waals surface area contributed by atoms with Gasteiger partial charge in [-0.3, -0.25) is 43.9 Å². The summed E-state index contributed by atoms with van der Waals surface area (Å²) in [6, 6.07) is 83.8. The monoisotopic (exact) mass is 1960 g/mol. The summed E-state index contributed by atoms with van der Waals surface area (Å²) < 4.78 is 58.6. The number of primary amides is 5. The van der Waals surface area contributed by atoms with Crippen molar-refractivity contribution in [2.24, 2.45) is 28.7 Å². The number of ether oxygens (including phenoxy) is 1. The summed E-state index contributed by atoms with van der Waals surface area (Å²) in [6.45, 7) is 5.97. The molecule has 10 aromatic carbocycles. The smallest absolute Gasteiger partial charge is 0.267 e. The zero-order chi connectivity index (χ0) is 103. The lowest BCUT2D eigenvalue weighted by atomic mass is 9.92.